The van der Waals surface area contributed by atoms with Gasteiger partial charge in [0, 0.05) is 6.07 Å². The Balaban J connectivity index is 1.67. The molecule has 0 saturated carbocycles. The molecule has 0 radical (unpaired) electrons. The van der Waals surface area contributed by atoms with Crippen LogP contribution in [0.3, 0.4) is 0 Å². The molecule has 0 aliphatic carbocycles. The van der Waals surface area contributed by atoms with Crippen LogP contribution in [-0.4, -0.2) is 17.7 Å². The van der Waals surface area contributed by atoms with Gasteiger partial charge in [-0.3, -0.25) is 14.5 Å². The predicted octanol–water partition coefficient (Wildman–Crippen LogP) is 5.39. The Kier molecular flexibility index (Phi) is 4.52. The molecule has 34 heavy (non-hydrogen) atoms. The van der Waals surface area contributed by atoms with Crippen LogP contribution in [0.5, 0.6) is 5.75 Å². The number of benzene rings is 3. The van der Waals surface area contributed by atoms with Crippen molar-refractivity contribution in [3.05, 3.63) is 99.6 Å². The molecule has 0 N–H and O–H groups in total. The number of carbonyl (C=O) groups is 1. The zero-order valence-corrected chi connectivity index (χ0v) is 18.6. The molecule has 2 aromatic heterocycles. The van der Waals surface area contributed by atoms with E-state index >= 15 is 0 Å². The Hall–Kier alpha value is -4.39. The highest BCUT2D eigenvalue weighted by Crippen LogP contribution is 2.42. The average molecular weight is 452 g/mol. The van der Waals surface area contributed by atoms with E-state index in [1.54, 1.807) is 19.1 Å². The second-order valence-corrected chi connectivity index (χ2v) is 8.21. The highest BCUT2D eigenvalue weighted by molar-refractivity contribution is 6.12. The largest absolute Gasteiger partial charge is 0.494 e. The van der Waals surface area contributed by atoms with Crippen LogP contribution in [0, 0.1) is 6.92 Å². The molecule has 1 amide bonds. The SMILES string of the molecule is CCOc1cccc(C2c3c(oc4ccc5ccccc5c4c3=O)C(=O)N2c2cc(C)on2)c1. The highest BCUT2D eigenvalue weighted by atomic mass is 16.5. The molecule has 7 nitrogen and oxygen atoms in total. The zero-order valence-electron chi connectivity index (χ0n) is 18.6. The minimum atomic E-state index is -0.743. The lowest BCUT2D eigenvalue weighted by atomic mass is 9.96. The quantitative estimate of drug-likeness (QED) is 0.340. The molecule has 0 saturated heterocycles. The summed E-state index contributed by atoms with van der Waals surface area (Å²) >= 11 is 0. The van der Waals surface area contributed by atoms with E-state index in [1.165, 1.54) is 4.90 Å². The van der Waals surface area contributed by atoms with Crippen molar-refractivity contribution in [2.75, 3.05) is 11.5 Å². The van der Waals surface area contributed by atoms with Crippen LogP contribution in [-0.2, 0) is 0 Å². The molecular weight excluding hydrogens is 432 g/mol. The van der Waals surface area contributed by atoms with Crippen LogP contribution in [0.1, 0.15) is 40.4 Å². The van der Waals surface area contributed by atoms with Crippen LogP contribution >= 0.6 is 0 Å². The average Bonchev–Trinajstić information content (AvgIpc) is 3.40. The number of rotatable bonds is 4. The zero-order chi connectivity index (χ0) is 23.4. The van der Waals surface area contributed by atoms with Gasteiger partial charge < -0.3 is 13.7 Å². The third-order valence-electron chi connectivity index (χ3n) is 6.11. The van der Waals surface area contributed by atoms with Gasteiger partial charge >= 0.3 is 0 Å². The molecule has 0 fully saturated rings. The minimum Gasteiger partial charge on any atom is -0.494 e. The summed E-state index contributed by atoms with van der Waals surface area (Å²) in [6.45, 7) is 4.14. The molecule has 0 spiro atoms. The lowest BCUT2D eigenvalue weighted by Gasteiger charge is -2.22. The summed E-state index contributed by atoms with van der Waals surface area (Å²) in [6.07, 6.45) is 0. The summed E-state index contributed by atoms with van der Waals surface area (Å²) in [7, 11) is 0. The number of ether oxygens (including phenoxy) is 1. The predicted molar refractivity (Wildman–Crippen MR) is 127 cm³/mol. The van der Waals surface area contributed by atoms with Crippen LogP contribution in [0.15, 0.2) is 80.5 Å². The molecule has 1 aliphatic heterocycles. The molecule has 5 aromatic rings. The number of carbonyl (C=O) groups excluding carboxylic acids is 1. The first kappa shape index (κ1) is 20.2. The summed E-state index contributed by atoms with van der Waals surface area (Å²) in [5.41, 5.74) is 1.13. The number of anilines is 1. The molecule has 168 valence electrons. The number of aryl methyl sites for hydroxylation is 1. The first-order valence-corrected chi connectivity index (χ1v) is 11.0. The van der Waals surface area contributed by atoms with Gasteiger partial charge in [-0.05, 0) is 48.4 Å². The van der Waals surface area contributed by atoms with Crippen LogP contribution in [0.4, 0.5) is 5.82 Å². The molecule has 1 aliphatic rings. The van der Waals surface area contributed by atoms with E-state index in [2.05, 4.69) is 5.16 Å². The van der Waals surface area contributed by atoms with E-state index in [4.69, 9.17) is 13.7 Å². The van der Waals surface area contributed by atoms with Crippen molar-refractivity contribution in [2.45, 2.75) is 19.9 Å². The van der Waals surface area contributed by atoms with Gasteiger partial charge in [0.1, 0.15) is 17.1 Å². The number of hydrogen-bond donors (Lipinski definition) is 0. The van der Waals surface area contributed by atoms with Gasteiger partial charge in [-0.2, -0.15) is 0 Å². The smallest absolute Gasteiger partial charge is 0.296 e. The second kappa shape index (κ2) is 7.59. The molecule has 3 aromatic carbocycles. The van der Waals surface area contributed by atoms with E-state index in [1.807, 2.05) is 61.5 Å². The van der Waals surface area contributed by atoms with Crippen LogP contribution in [0.25, 0.3) is 21.7 Å². The lowest BCUT2D eigenvalue weighted by molar-refractivity contribution is 0.0969. The van der Waals surface area contributed by atoms with Gasteiger partial charge in [-0.25, -0.2) is 0 Å². The van der Waals surface area contributed by atoms with Crippen molar-refractivity contribution >= 4 is 33.5 Å². The fourth-order valence-corrected chi connectivity index (χ4v) is 4.70. The monoisotopic (exact) mass is 452 g/mol. The van der Waals surface area contributed by atoms with Crippen molar-refractivity contribution in [1.82, 2.24) is 5.16 Å². The van der Waals surface area contributed by atoms with Crippen molar-refractivity contribution < 1.29 is 18.5 Å². The first-order chi connectivity index (χ1) is 16.6. The molecule has 3 heterocycles. The first-order valence-electron chi connectivity index (χ1n) is 11.0. The van der Waals surface area contributed by atoms with E-state index in [9.17, 15) is 9.59 Å². The van der Waals surface area contributed by atoms with Gasteiger partial charge in [0.05, 0.1) is 23.6 Å². The molecule has 6 rings (SSSR count). The Morgan fingerprint density at radius 3 is 2.68 bits per heavy atom. The van der Waals surface area contributed by atoms with Gasteiger partial charge in [-0.15, -0.1) is 0 Å². The molecular formula is C27H20N2O5. The van der Waals surface area contributed by atoms with E-state index < -0.39 is 11.9 Å². The van der Waals surface area contributed by atoms with Crippen LogP contribution < -0.4 is 15.1 Å². The van der Waals surface area contributed by atoms with Crippen molar-refractivity contribution in [2.24, 2.45) is 0 Å². The number of amides is 1. The van der Waals surface area contributed by atoms with Gasteiger partial charge in [0.15, 0.2) is 11.2 Å². The molecule has 7 heteroatoms. The highest BCUT2D eigenvalue weighted by Gasteiger charge is 2.45. The number of aromatic nitrogens is 1. The standard InChI is InChI=1S/C27H20N2O5/c1-3-32-18-9-6-8-17(14-18)24-23-25(30)22-19-10-5-4-7-16(19)11-12-20(22)33-26(23)27(31)29(24)21-13-15(2)34-28-21/h4-14,24H,3H2,1-2H3. The third-order valence-corrected chi connectivity index (χ3v) is 6.11. The van der Waals surface area contributed by atoms with Crippen LogP contribution in [0.2, 0.25) is 0 Å². The number of fused-ring (bicyclic) bond motifs is 4. The topological polar surface area (TPSA) is 85.8 Å². The Bertz CT molecular complexity index is 1650. The van der Waals surface area contributed by atoms with E-state index in [0.29, 0.717) is 40.5 Å². The van der Waals surface area contributed by atoms with Gasteiger partial charge in [-0.1, -0.05) is 47.6 Å². The molecule has 1 unspecified atom stereocenters. The fourth-order valence-electron chi connectivity index (χ4n) is 4.70. The van der Waals surface area contributed by atoms with Crippen molar-refractivity contribution in [3.8, 4) is 5.75 Å². The summed E-state index contributed by atoms with van der Waals surface area (Å²) < 4.78 is 17.1. The number of hydrogen-bond acceptors (Lipinski definition) is 6. The van der Waals surface area contributed by atoms with E-state index in [-0.39, 0.29) is 16.8 Å². The maximum absolute atomic E-state index is 14.0. The molecule has 0 bridgehead atoms. The summed E-state index contributed by atoms with van der Waals surface area (Å²) in [5, 5.41) is 6.22. The van der Waals surface area contributed by atoms with Gasteiger partial charge in [0.25, 0.3) is 5.91 Å². The summed E-state index contributed by atoms with van der Waals surface area (Å²) in [6, 6.07) is 19.6. The number of nitrogens with zero attached hydrogens (tertiary/aromatic N) is 2. The molecule has 1 atom stereocenters. The second-order valence-electron chi connectivity index (χ2n) is 8.21. The maximum atomic E-state index is 14.0. The normalized spacial score (nSPS) is 15.3. The third kappa shape index (κ3) is 2.94. The van der Waals surface area contributed by atoms with Gasteiger partial charge in [0.2, 0.25) is 5.76 Å². The summed E-state index contributed by atoms with van der Waals surface area (Å²) in [4.78, 5) is 29.1. The Labute approximate surface area is 194 Å². The lowest BCUT2D eigenvalue weighted by Crippen LogP contribution is -2.29. The Morgan fingerprint density at radius 2 is 1.88 bits per heavy atom. The Morgan fingerprint density at radius 1 is 1.03 bits per heavy atom. The maximum Gasteiger partial charge on any atom is 0.296 e. The van der Waals surface area contributed by atoms with E-state index in [0.717, 1.165) is 10.8 Å². The minimum absolute atomic E-state index is 0.0141. The van der Waals surface area contributed by atoms with Crippen molar-refractivity contribution in [1.29, 1.82) is 0 Å². The summed E-state index contributed by atoms with van der Waals surface area (Å²) in [5.74, 6) is 1.08. The van der Waals surface area contributed by atoms with Crippen molar-refractivity contribution in [3.63, 3.8) is 0 Å². The fraction of sp³-hybridized carbons (Fsp3) is 0.148.